The number of halogens is 1. The first kappa shape index (κ1) is 8.73. The molecular weight excluding hydrogens is 234 g/mol. The lowest BCUT2D eigenvalue weighted by Gasteiger charge is -2.21. The first-order chi connectivity index (χ1) is 5.86. The fraction of sp³-hybridized carbons (Fsp3) is 0.556. The zero-order valence-corrected chi connectivity index (χ0v) is 9.25. The predicted molar refractivity (Wildman–Crippen MR) is 56.9 cm³/mol. The maximum Gasteiger partial charge on any atom is 0.0285 e. The Morgan fingerprint density at radius 2 is 2.50 bits per heavy atom. The second-order valence-corrected chi connectivity index (χ2v) is 5.07. The fourth-order valence-corrected chi connectivity index (χ4v) is 3.22. The highest BCUT2D eigenvalue weighted by atomic mass is 79.9. The van der Waals surface area contributed by atoms with Crippen molar-refractivity contribution in [1.82, 2.24) is 5.32 Å². The molecule has 1 fully saturated rings. The molecule has 0 radical (unpaired) electrons. The van der Waals surface area contributed by atoms with Crippen LogP contribution in [0.15, 0.2) is 15.9 Å². The van der Waals surface area contributed by atoms with Gasteiger partial charge in [0.25, 0.3) is 0 Å². The maximum atomic E-state index is 3.49. The van der Waals surface area contributed by atoms with Crippen molar-refractivity contribution >= 4 is 27.3 Å². The highest BCUT2D eigenvalue weighted by molar-refractivity contribution is 9.10. The molecule has 12 heavy (non-hydrogen) atoms. The van der Waals surface area contributed by atoms with Crippen molar-refractivity contribution in [3.63, 3.8) is 0 Å². The van der Waals surface area contributed by atoms with E-state index >= 15 is 0 Å². The van der Waals surface area contributed by atoms with Crippen molar-refractivity contribution in [1.29, 1.82) is 0 Å². The summed E-state index contributed by atoms with van der Waals surface area (Å²) in [4.78, 5) is 1.52. The van der Waals surface area contributed by atoms with Crippen molar-refractivity contribution in [3.8, 4) is 0 Å². The zero-order chi connectivity index (χ0) is 8.39. The van der Waals surface area contributed by atoms with Gasteiger partial charge in [-0.05, 0) is 41.4 Å². The molecule has 1 aromatic heterocycles. The highest BCUT2D eigenvalue weighted by Crippen LogP contribution is 2.30. The smallest absolute Gasteiger partial charge is 0.0285 e. The molecule has 1 nitrogen and oxygen atoms in total. The van der Waals surface area contributed by atoms with Crippen LogP contribution in [-0.4, -0.2) is 13.1 Å². The van der Waals surface area contributed by atoms with Crippen LogP contribution in [-0.2, 0) is 0 Å². The fourth-order valence-electron chi connectivity index (χ4n) is 1.64. The van der Waals surface area contributed by atoms with Crippen LogP contribution in [0.2, 0.25) is 0 Å². The van der Waals surface area contributed by atoms with Crippen LogP contribution < -0.4 is 5.32 Å². The van der Waals surface area contributed by atoms with Crippen molar-refractivity contribution in [2.45, 2.75) is 18.8 Å². The van der Waals surface area contributed by atoms with Crippen molar-refractivity contribution in [2.24, 2.45) is 0 Å². The largest absolute Gasteiger partial charge is 0.316 e. The van der Waals surface area contributed by atoms with E-state index in [1.54, 1.807) is 0 Å². The molecule has 1 aliphatic rings. The summed E-state index contributed by atoms with van der Waals surface area (Å²) in [6.45, 7) is 2.36. The Morgan fingerprint density at radius 1 is 1.58 bits per heavy atom. The number of piperidine rings is 1. The molecule has 2 rings (SSSR count). The lowest BCUT2D eigenvalue weighted by Crippen LogP contribution is -2.27. The topological polar surface area (TPSA) is 12.0 Å². The lowest BCUT2D eigenvalue weighted by atomic mass is 9.98. The molecule has 1 N–H and O–H groups in total. The molecule has 1 aliphatic heterocycles. The number of hydrogen-bond donors (Lipinski definition) is 1. The van der Waals surface area contributed by atoms with E-state index in [4.69, 9.17) is 0 Å². The first-order valence-electron chi connectivity index (χ1n) is 4.31. The van der Waals surface area contributed by atoms with Gasteiger partial charge in [0, 0.05) is 27.2 Å². The molecule has 66 valence electrons. The van der Waals surface area contributed by atoms with Crippen LogP contribution in [0, 0.1) is 0 Å². The molecule has 0 amide bonds. The average molecular weight is 246 g/mol. The van der Waals surface area contributed by atoms with Gasteiger partial charge in [0.1, 0.15) is 0 Å². The SMILES string of the molecule is Brc1csc(C2CCCNC2)c1. The van der Waals surface area contributed by atoms with Crippen LogP contribution in [0.1, 0.15) is 23.6 Å². The second kappa shape index (κ2) is 3.90. The Balaban J connectivity index is 2.08. The molecule has 2 heterocycles. The molecular formula is C9H12BrNS. The molecule has 1 unspecified atom stereocenters. The molecule has 0 aromatic carbocycles. The summed E-state index contributed by atoms with van der Waals surface area (Å²) in [6.07, 6.45) is 2.67. The van der Waals surface area contributed by atoms with Gasteiger partial charge in [-0.25, -0.2) is 0 Å². The normalized spacial score (nSPS) is 24.2. The van der Waals surface area contributed by atoms with Gasteiger partial charge < -0.3 is 5.32 Å². The molecule has 1 atom stereocenters. The van der Waals surface area contributed by atoms with E-state index in [0.29, 0.717) is 0 Å². The van der Waals surface area contributed by atoms with Gasteiger partial charge in [-0.1, -0.05) is 0 Å². The van der Waals surface area contributed by atoms with Gasteiger partial charge in [0.05, 0.1) is 0 Å². The molecule has 0 saturated carbocycles. The number of nitrogens with one attached hydrogen (secondary N) is 1. The Bertz CT molecular complexity index is 253. The standard InChI is InChI=1S/C9H12BrNS/c10-8-4-9(12-6-8)7-2-1-3-11-5-7/h4,6-7,11H,1-3,5H2. The number of thiophene rings is 1. The van der Waals surface area contributed by atoms with Crippen molar-refractivity contribution in [2.75, 3.05) is 13.1 Å². The zero-order valence-electron chi connectivity index (χ0n) is 6.85. The second-order valence-electron chi connectivity index (χ2n) is 3.21. The minimum Gasteiger partial charge on any atom is -0.316 e. The monoisotopic (exact) mass is 245 g/mol. The summed E-state index contributed by atoms with van der Waals surface area (Å²) in [5, 5.41) is 5.60. The van der Waals surface area contributed by atoms with E-state index in [-0.39, 0.29) is 0 Å². The maximum absolute atomic E-state index is 3.49. The number of rotatable bonds is 1. The third kappa shape index (κ3) is 1.90. The quantitative estimate of drug-likeness (QED) is 0.803. The summed E-state index contributed by atoms with van der Waals surface area (Å²) >= 11 is 5.36. The van der Waals surface area contributed by atoms with Crippen LogP contribution in [0.25, 0.3) is 0 Å². The van der Waals surface area contributed by atoms with Crippen LogP contribution in [0.3, 0.4) is 0 Å². The Kier molecular flexibility index (Phi) is 2.84. The molecule has 0 aliphatic carbocycles. The van der Waals surface area contributed by atoms with Crippen LogP contribution in [0.4, 0.5) is 0 Å². The van der Waals surface area contributed by atoms with Gasteiger partial charge >= 0.3 is 0 Å². The van der Waals surface area contributed by atoms with Gasteiger partial charge in [-0.2, -0.15) is 0 Å². The number of hydrogen-bond acceptors (Lipinski definition) is 2. The molecule has 3 heteroatoms. The van der Waals surface area contributed by atoms with E-state index in [1.807, 2.05) is 11.3 Å². The summed E-state index contributed by atoms with van der Waals surface area (Å²) in [7, 11) is 0. The Hall–Kier alpha value is 0.140. The van der Waals surface area contributed by atoms with E-state index in [2.05, 4.69) is 32.7 Å². The third-order valence-electron chi connectivity index (χ3n) is 2.29. The lowest BCUT2D eigenvalue weighted by molar-refractivity contribution is 0.466. The van der Waals surface area contributed by atoms with Crippen LogP contribution in [0.5, 0.6) is 0 Å². The predicted octanol–water partition coefficient (Wildman–Crippen LogP) is 2.98. The molecule has 1 aromatic rings. The third-order valence-corrected chi connectivity index (χ3v) is 4.14. The van der Waals surface area contributed by atoms with E-state index in [9.17, 15) is 0 Å². The summed E-state index contributed by atoms with van der Waals surface area (Å²) in [5.74, 6) is 0.759. The minimum atomic E-state index is 0.759. The Labute approximate surface area is 85.3 Å². The van der Waals surface area contributed by atoms with Crippen LogP contribution >= 0.6 is 27.3 Å². The molecule has 1 saturated heterocycles. The Morgan fingerprint density at radius 3 is 3.08 bits per heavy atom. The first-order valence-corrected chi connectivity index (χ1v) is 5.98. The summed E-state index contributed by atoms with van der Waals surface area (Å²) in [5.41, 5.74) is 0. The van der Waals surface area contributed by atoms with E-state index < -0.39 is 0 Å². The minimum absolute atomic E-state index is 0.759. The van der Waals surface area contributed by atoms with E-state index in [0.717, 1.165) is 12.5 Å². The van der Waals surface area contributed by atoms with E-state index in [1.165, 1.54) is 28.7 Å². The highest BCUT2D eigenvalue weighted by Gasteiger charge is 2.16. The molecule has 0 spiro atoms. The van der Waals surface area contributed by atoms with Crippen molar-refractivity contribution in [3.05, 3.63) is 20.8 Å². The van der Waals surface area contributed by atoms with Gasteiger partial charge in [0.2, 0.25) is 0 Å². The van der Waals surface area contributed by atoms with Crippen molar-refractivity contribution < 1.29 is 0 Å². The van der Waals surface area contributed by atoms with Gasteiger partial charge in [0.15, 0.2) is 0 Å². The van der Waals surface area contributed by atoms with Gasteiger partial charge in [-0.15, -0.1) is 11.3 Å². The summed E-state index contributed by atoms with van der Waals surface area (Å²) in [6, 6.07) is 2.25. The van der Waals surface area contributed by atoms with Gasteiger partial charge in [-0.3, -0.25) is 0 Å². The molecule has 0 bridgehead atoms. The average Bonchev–Trinajstić information content (AvgIpc) is 2.54. The summed E-state index contributed by atoms with van der Waals surface area (Å²) < 4.78 is 1.23.